The van der Waals surface area contributed by atoms with E-state index in [9.17, 15) is 4.79 Å². The Hall–Kier alpha value is -1.35. The maximum atomic E-state index is 10.7. The Labute approximate surface area is 121 Å². The third-order valence-electron chi connectivity index (χ3n) is 4.05. The van der Waals surface area contributed by atoms with Crippen molar-refractivity contribution in [3.05, 3.63) is 29.8 Å². The van der Waals surface area contributed by atoms with Crippen LogP contribution in [0.3, 0.4) is 0 Å². The first kappa shape index (κ1) is 15.0. The van der Waals surface area contributed by atoms with Gasteiger partial charge < -0.3 is 9.64 Å². The van der Waals surface area contributed by atoms with E-state index in [1.54, 1.807) is 17.0 Å². The standard InChI is InChI=1S/C17H25NO2/c1-15-6-5-10-18(13-15)9-2-3-11-20-17-8-4-7-16(12-17)14-19/h4,7-8,12,14-15H,2-3,5-6,9-11,13H2,1H3/p+1/t15-/m1/s1. The van der Waals surface area contributed by atoms with Crippen LogP contribution in [0.5, 0.6) is 5.75 Å². The molecule has 1 fully saturated rings. The number of carbonyl (C=O) groups is 1. The van der Waals surface area contributed by atoms with Gasteiger partial charge in [-0.1, -0.05) is 19.1 Å². The maximum absolute atomic E-state index is 10.7. The molecule has 0 bridgehead atoms. The van der Waals surface area contributed by atoms with Crippen LogP contribution in [0.2, 0.25) is 0 Å². The van der Waals surface area contributed by atoms with Gasteiger partial charge in [0, 0.05) is 11.5 Å². The topological polar surface area (TPSA) is 30.7 Å². The van der Waals surface area contributed by atoms with Crippen molar-refractivity contribution >= 4 is 6.29 Å². The highest BCUT2D eigenvalue weighted by Crippen LogP contribution is 2.12. The van der Waals surface area contributed by atoms with E-state index in [4.69, 9.17) is 4.74 Å². The van der Waals surface area contributed by atoms with Crippen LogP contribution in [0.15, 0.2) is 24.3 Å². The minimum Gasteiger partial charge on any atom is -0.494 e. The normalized spacial score (nSPS) is 22.4. The minimum absolute atomic E-state index is 0.675. The number of quaternary nitrogens is 1. The van der Waals surface area contributed by atoms with Crippen molar-refractivity contribution in [3.63, 3.8) is 0 Å². The molecule has 110 valence electrons. The molecule has 0 aromatic heterocycles. The molecular formula is C17H26NO2+. The molecule has 2 atom stereocenters. The van der Waals surface area contributed by atoms with Gasteiger partial charge in [0.05, 0.1) is 26.2 Å². The highest BCUT2D eigenvalue weighted by Gasteiger charge is 2.18. The summed E-state index contributed by atoms with van der Waals surface area (Å²) >= 11 is 0. The summed E-state index contributed by atoms with van der Waals surface area (Å²) in [4.78, 5) is 12.4. The SMILES string of the molecule is C[C@@H]1CCC[NH+](CCCCOc2cccc(C=O)c2)C1. The van der Waals surface area contributed by atoms with Crippen LogP contribution in [-0.4, -0.2) is 32.5 Å². The molecule has 1 heterocycles. The van der Waals surface area contributed by atoms with E-state index in [2.05, 4.69) is 6.92 Å². The Bertz CT molecular complexity index is 419. The fourth-order valence-corrected chi connectivity index (χ4v) is 2.97. The fraction of sp³-hybridized carbons (Fsp3) is 0.588. The molecule has 3 heteroatoms. The second-order valence-electron chi connectivity index (χ2n) is 5.95. The van der Waals surface area contributed by atoms with Crippen molar-refractivity contribution in [2.45, 2.75) is 32.6 Å². The lowest BCUT2D eigenvalue weighted by Gasteiger charge is -2.27. The van der Waals surface area contributed by atoms with Crippen molar-refractivity contribution in [2.75, 3.05) is 26.2 Å². The quantitative estimate of drug-likeness (QED) is 0.610. The number of unbranched alkanes of at least 4 members (excludes halogenated alkanes) is 1. The molecule has 3 nitrogen and oxygen atoms in total. The Morgan fingerprint density at radius 3 is 3.10 bits per heavy atom. The van der Waals surface area contributed by atoms with Crippen molar-refractivity contribution in [2.24, 2.45) is 5.92 Å². The highest BCUT2D eigenvalue weighted by molar-refractivity contribution is 5.75. The lowest BCUT2D eigenvalue weighted by atomic mass is 10.0. The molecule has 1 aromatic carbocycles. The number of aldehydes is 1. The van der Waals surface area contributed by atoms with Crippen LogP contribution in [0, 0.1) is 5.92 Å². The first-order valence-corrected chi connectivity index (χ1v) is 7.79. The summed E-state index contributed by atoms with van der Waals surface area (Å²) in [5, 5.41) is 0. The lowest BCUT2D eigenvalue weighted by molar-refractivity contribution is -0.908. The maximum Gasteiger partial charge on any atom is 0.150 e. The van der Waals surface area contributed by atoms with Crippen molar-refractivity contribution in [3.8, 4) is 5.75 Å². The second-order valence-corrected chi connectivity index (χ2v) is 5.95. The summed E-state index contributed by atoms with van der Waals surface area (Å²) < 4.78 is 5.69. The van der Waals surface area contributed by atoms with E-state index in [0.29, 0.717) is 5.56 Å². The second kappa shape index (κ2) is 8.05. The fourth-order valence-electron chi connectivity index (χ4n) is 2.97. The van der Waals surface area contributed by atoms with Gasteiger partial charge in [0.25, 0.3) is 0 Å². The molecule has 0 amide bonds. The molecular weight excluding hydrogens is 250 g/mol. The van der Waals surface area contributed by atoms with Gasteiger partial charge in [-0.05, 0) is 37.8 Å². The largest absolute Gasteiger partial charge is 0.494 e. The van der Waals surface area contributed by atoms with Crippen LogP contribution >= 0.6 is 0 Å². The lowest BCUT2D eigenvalue weighted by Crippen LogP contribution is -3.13. The Balaban J connectivity index is 1.60. The molecule has 2 rings (SSSR count). The summed E-state index contributed by atoms with van der Waals surface area (Å²) in [5.74, 6) is 1.69. The first-order valence-electron chi connectivity index (χ1n) is 7.79. The Morgan fingerprint density at radius 2 is 2.30 bits per heavy atom. The van der Waals surface area contributed by atoms with Gasteiger partial charge in [-0.15, -0.1) is 0 Å². The van der Waals surface area contributed by atoms with E-state index < -0.39 is 0 Å². The van der Waals surface area contributed by atoms with Crippen LogP contribution in [0.4, 0.5) is 0 Å². The number of piperidine rings is 1. The molecule has 20 heavy (non-hydrogen) atoms. The summed E-state index contributed by atoms with van der Waals surface area (Å²) in [6.07, 6.45) is 5.94. The zero-order valence-electron chi connectivity index (χ0n) is 12.4. The van der Waals surface area contributed by atoms with Gasteiger partial charge in [-0.2, -0.15) is 0 Å². The molecule has 1 aliphatic rings. The molecule has 0 aliphatic carbocycles. The highest BCUT2D eigenvalue weighted by atomic mass is 16.5. The zero-order valence-corrected chi connectivity index (χ0v) is 12.4. The van der Waals surface area contributed by atoms with Crippen molar-refractivity contribution in [1.29, 1.82) is 0 Å². The first-order chi connectivity index (χ1) is 9.78. The number of carbonyl (C=O) groups excluding carboxylic acids is 1. The van der Waals surface area contributed by atoms with Gasteiger partial charge in [0.2, 0.25) is 0 Å². The predicted octanol–water partition coefficient (Wildman–Crippen LogP) is 1.97. The molecule has 0 spiro atoms. The smallest absolute Gasteiger partial charge is 0.150 e. The number of ether oxygens (including phenoxy) is 1. The monoisotopic (exact) mass is 276 g/mol. The van der Waals surface area contributed by atoms with Crippen LogP contribution in [0.1, 0.15) is 43.0 Å². The van der Waals surface area contributed by atoms with Gasteiger partial charge >= 0.3 is 0 Å². The summed E-state index contributed by atoms with van der Waals surface area (Å²) in [6.45, 7) is 7.05. The Morgan fingerprint density at radius 1 is 1.40 bits per heavy atom. The van der Waals surface area contributed by atoms with Gasteiger partial charge in [0.1, 0.15) is 12.0 Å². The van der Waals surface area contributed by atoms with Gasteiger partial charge in [-0.3, -0.25) is 4.79 Å². The average molecular weight is 276 g/mol. The van der Waals surface area contributed by atoms with Gasteiger partial charge in [-0.25, -0.2) is 0 Å². The number of nitrogens with one attached hydrogen (secondary N) is 1. The third-order valence-corrected chi connectivity index (χ3v) is 4.05. The molecule has 1 N–H and O–H groups in total. The van der Waals surface area contributed by atoms with Crippen LogP contribution in [0.25, 0.3) is 0 Å². The van der Waals surface area contributed by atoms with E-state index in [-0.39, 0.29) is 0 Å². The number of hydrogen-bond donors (Lipinski definition) is 1. The summed E-state index contributed by atoms with van der Waals surface area (Å²) in [7, 11) is 0. The van der Waals surface area contributed by atoms with Crippen LogP contribution < -0.4 is 9.64 Å². The number of rotatable bonds is 7. The molecule has 1 saturated heterocycles. The summed E-state index contributed by atoms with van der Waals surface area (Å²) in [5.41, 5.74) is 0.675. The average Bonchev–Trinajstić information content (AvgIpc) is 2.47. The zero-order chi connectivity index (χ0) is 14.2. The number of benzene rings is 1. The van der Waals surface area contributed by atoms with Crippen molar-refractivity contribution < 1.29 is 14.4 Å². The Kier molecular flexibility index (Phi) is 6.06. The molecule has 0 saturated carbocycles. The predicted molar refractivity (Wildman–Crippen MR) is 80.5 cm³/mol. The van der Waals surface area contributed by atoms with Crippen molar-refractivity contribution in [1.82, 2.24) is 0 Å². The minimum atomic E-state index is 0.675. The number of hydrogen-bond acceptors (Lipinski definition) is 2. The van der Waals surface area contributed by atoms with E-state index in [1.165, 1.54) is 38.9 Å². The van der Waals surface area contributed by atoms with Gasteiger partial charge in [0.15, 0.2) is 0 Å². The van der Waals surface area contributed by atoms with E-state index >= 15 is 0 Å². The summed E-state index contributed by atoms with van der Waals surface area (Å²) in [6, 6.07) is 7.36. The molecule has 1 aromatic rings. The molecule has 0 radical (unpaired) electrons. The van der Waals surface area contributed by atoms with E-state index in [0.717, 1.165) is 31.0 Å². The molecule has 1 aliphatic heterocycles. The third kappa shape index (κ3) is 4.97. The molecule has 1 unspecified atom stereocenters. The van der Waals surface area contributed by atoms with E-state index in [1.807, 2.05) is 12.1 Å². The number of likely N-dealkylation sites (tertiary alicyclic amines) is 1. The van der Waals surface area contributed by atoms with Crippen LogP contribution in [-0.2, 0) is 0 Å².